The summed E-state index contributed by atoms with van der Waals surface area (Å²) in [6.45, 7) is 1.67. The number of methoxy groups -OCH3 is 2. The molecule has 1 saturated carbocycles. The van der Waals surface area contributed by atoms with Crippen molar-refractivity contribution in [3.05, 3.63) is 41.5 Å². The van der Waals surface area contributed by atoms with E-state index in [0.29, 0.717) is 11.8 Å². The lowest BCUT2D eigenvalue weighted by molar-refractivity contribution is 0.00547. The van der Waals surface area contributed by atoms with Crippen molar-refractivity contribution in [2.24, 2.45) is 11.3 Å². The fraction of sp³-hybridized carbons (Fsp3) is 0.556. The summed E-state index contributed by atoms with van der Waals surface area (Å²) in [6.07, 6.45) is 8.43. The molecule has 2 heteroatoms. The summed E-state index contributed by atoms with van der Waals surface area (Å²) in [5, 5.41) is 0. The van der Waals surface area contributed by atoms with E-state index in [4.69, 9.17) is 9.47 Å². The van der Waals surface area contributed by atoms with Gasteiger partial charge < -0.3 is 9.47 Å². The molecule has 0 radical (unpaired) electrons. The average Bonchev–Trinajstić information content (AvgIpc) is 3.05. The van der Waals surface area contributed by atoms with Crippen molar-refractivity contribution in [3.8, 4) is 0 Å². The summed E-state index contributed by atoms with van der Waals surface area (Å²) in [6, 6.07) is 8.77. The molecular formula is C18H24O2. The molecule has 1 aromatic rings. The Morgan fingerprint density at radius 3 is 2.85 bits per heavy atom. The molecule has 2 nitrogen and oxygen atoms in total. The second-order valence-electron chi connectivity index (χ2n) is 6.18. The van der Waals surface area contributed by atoms with Crippen molar-refractivity contribution in [2.45, 2.75) is 25.2 Å². The van der Waals surface area contributed by atoms with Crippen LogP contribution in [0.5, 0.6) is 0 Å². The van der Waals surface area contributed by atoms with E-state index in [1.807, 2.05) is 14.2 Å². The third-order valence-electron chi connectivity index (χ3n) is 5.21. The number of benzene rings is 1. The van der Waals surface area contributed by atoms with Crippen molar-refractivity contribution in [3.63, 3.8) is 0 Å². The monoisotopic (exact) mass is 272 g/mol. The fourth-order valence-corrected chi connectivity index (χ4v) is 4.33. The van der Waals surface area contributed by atoms with Crippen LogP contribution in [0.4, 0.5) is 0 Å². The third-order valence-corrected chi connectivity index (χ3v) is 5.21. The molecule has 0 N–H and O–H groups in total. The highest BCUT2D eigenvalue weighted by atomic mass is 16.5. The summed E-state index contributed by atoms with van der Waals surface area (Å²) >= 11 is 0. The lowest BCUT2D eigenvalue weighted by atomic mass is 9.67. The van der Waals surface area contributed by atoms with Gasteiger partial charge in [-0.1, -0.05) is 42.8 Å². The van der Waals surface area contributed by atoms with Gasteiger partial charge in [0.05, 0.1) is 6.61 Å². The smallest absolute Gasteiger partial charge is 0.0531 e. The molecule has 0 heterocycles. The summed E-state index contributed by atoms with van der Waals surface area (Å²) in [7, 11) is 3.64. The summed E-state index contributed by atoms with van der Waals surface area (Å²) in [5.41, 5.74) is 3.04. The van der Waals surface area contributed by atoms with E-state index in [9.17, 15) is 0 Å². The number of rotatable bonds is 5. The van der Waals surface area contributed by atoms with E-state index in [-0.39, 0.29) is 5.41 Å². The summed E-state index contributed by atoms with van der Waals surface area (Å²) in [4.78, 5) is 0. The Morgan fingerprint density at radius 2 is 2.05 bits per heavy atom. The molecule has 0 amide bonds. The first kappa shape index (κ1) is 13.8. The van der Waals surface area contributed by atoms with Gasteiger partial charge in [0, 0.05) is 32.2 Å². The zero-order valence-electron chi connectivity index (χ0n) is 12.5. The molecule has 3 unspecified atom stereocenters. The van der Waals surface area contributed by atoms with Crippen LogP contribution in [0.3, 0.4) is 0 Å². The van der Waals surface area contributed by atoms with Crippen LogP contribution in [-0.2, 0) is 9.47 Å². The highest BCUT2D eigenvalue weighted by molar-refractivity contribution is 5.63. The third kappa shape index (κ3) is 2.11. The van der Waals surface area contributed by atoms with Crippen LogP contribution >= 0.6 is 0 Å². The maximum absolute atomic E-state index is 5.64. The SMILES string of the molecule is COCC1CCCC1(COC)C1C=Cc2ccccc21. The van der Waals surface area contributed by atoms with Crippen LogP contribution in [-0.4, -0.2) is 27.4 Å². The van der Waals surface area contributed by atoms with Crippen molar-refractivity contribution < 1.29 is 9.47 Å². The standard InChI is InChI=1S/C18H24O2/c1-19-12-15-7-5-11-18(15,13-20-2)17-10-9-14-6-3-4-8-16(14)17/h3-4,6,8-10,15,17H,5,7,11-13H2,1-2H3. The van der Waals surface area contributed by atoms with E-state index < -0.39 is 0 Å². The highest BCUT2D eigenvalue weighted by Crippen LogP contribution is 2.55. The summed E-state index contributed by atoms with van der Waals surface area (Å²) in [5.74, 6) is 1.06. The van der Waals surface area contributed by atoms with Crippen LogP contribution in [0.2, 0.25) is 0 Å². The highest BCUT2D eigenvalue weighted by Gasteiger charge is 2.49. The molecule has 2 aliphatic carbocycles. The van der Waals surface area contributed by atoms with Crippen molar-refractivity contribution in [1.82, 2.24) is 0 Å². The first-order chi connectivity index (χ1) is 9.81. The quantitative estimate of drug-likeness (QED) is 0.810. The van der Waals surface area contributed by atoms with E-state index in [2.05, 4.69) is 36.4 Å². The summed E-state index contributed by atoms with van der Waals surface area (Å²) < 4.78 is 11.1. The molecule has 2 aliphatic rings. The lowest BCUT2D eigenvalue weighted by Gasteiger charge is -2.40. The van der Waals surface area contributed by atoms with E-state index in [1.54, 1.807) is 0 Å². The normalized spacial score (nSPS) is 31.7. The zero-order chi connectivity index (χ0) is 14.0. The lowest BCUT2D eigenvalue weighted by Crippen LogP contribution is -2.38. The number of hydrogen-bond donors (Lipinski definition) is 0. The van der Waals surface area contributed by atoms with Gasteiger partial charge in [0.15, 0.2) is 0 Å². The van der Waals surface area contributed by atoms with Gasteiger partial charge >= 0.3 is 0 Å². The van der Waals surface area contributed by atoms with Crippen LogP contribution in [0.25, 0.3) is 6.08 Å². The molecule has 108 valence electrons. The number of allylic oxidation sites excluding steroid dienone is 1. The minimum absolute atomic E-state index is 0.202. The van der Waals surface area contributed by atoms with Gasteiger partial charge in [-0.3, -0.25) is 0 Å². The first-order valence-electron chi connectivity index (χ1n) is 7.57. The van der Waals surface area contributed by atoms with Gasteiger partial charge in [-0.25, -0.2) is 0 Å². The average molecular weight is 272 g/mol. The molecule has 0 saturated heterocycles. The predicted octanol–water partition coefficient (Wildman–Crippen LogP) is 3.88. The minimum atomic E-state index is 0.202. The van der Waals surface area contributed by atoms with Crippen LogP contribution in [0.15, 0.2) is 30.3 Å². The molecule has 1 fully saturated rings. The molecule has 20 heavy (non-hydrogen) atoms. The molecule has 0 aromatic heterocycles. The largest absolute Gasteiger partial charge is 0.384 e. The Hall–Kier alpha value is -1.12. The molecule has 1 aromatic carbocycles. The van der Waals surface area contributed by atoms with E-state index in [1.165, 1.54) is 30.4 Å². The second kappa shape index (κ2) is 5.71. The van der Waals surface area contributed by atoms with E-state index in [0.717, 1.165) is 13.2 Å². The second-order valence-corrected chi connectivity index (χ2v) is 6.18. The molecule has 0 aliphatic heterocycles. The van der Waals surface area contributed by atoms with Crippen molar-refractivity contribution >= 4 is 6.08 Å². The van der Waals surface area contributed by atoms with Gasteiger partial charge in [-0.15, -0.1) is 0 Å². The van der Waals surface area contributed by atoms with Gasteiger partial charge in [0.25, 0.3) is 0 Å². The Morgan fingerprint density at radius 1 is 1.20 bits per heavy atom. The van der Waals surface area contributed by atoms with Gasteiger partial charge in [0.2, 0.25) is 0 Å². The zero-order valence-corrected chi connectivity index (χ0v) is 12.5. The fourth-order valence-electron chi connectivity index (χ4n) is 4.33. The predicted molar refractivity (Wildman–Crippen MR) is 81.7 cm³/mol. The van der Waals surface area contributed by atoms with Crippen LogP contribution in [0.1, 0.15) is 36.3 Å². The Labute approximate surface area is 121 Å². The van der Waals surface area contributed by atoms with Crippen molar-refractivity contribution in [2.75, 3.05) is 27.4 Å². The first-order valence-corrected chi connectivity index (χ1v) is 7.57. The number of fused-ring (bicyclic) bond motifs is 1. The molecule has 3 atom stereocenters. The Bertz CT molecular complexity index is 494. The van der Waals surface area contributed by atoms with Gasteiger partial charge in [-0.05, 0) is 29.9 Å². The van der Waals surface area contributed by atoms with E-state index >= 15 is 0 Å². The molecule has 0 spiro atoms. The van der Waals surface area contributed by atoms with Gasteiger partial charge in [-0.2, -0.15) is 0 Å². The van der Waals surface area contributed by atoms with Crippen LogP contribution < -0.4 is 0 Å². The Kier molecular flexibility index (Phi) is 3.95. The Balaban J connectivity index is 1.98. The van der Waals surface area contributed by atoms with Crippen molar-refractivity contribution in [1.29, 1.82) is 0 Å². The maximum Gasteiger partial charge on any atom is 0.0531 e. The molecular weight excluding hydrogens is 248 g/mol. The van der Waals surface area contributed by atoms with Gasteiger partial charge in [0.1, 0.15) is 0 Å². The maximum atomic E-state index is 5.64. The molecule has 0 bridgehead atoms. The topological polar surface area (TPSA) is 18.5 Å². The number of ether oxygens (including phenoxy) is 2. The molecule has 3 rings (SSSR count). The minimum Gasteiger partial charge on any atom is -0.384 e. The number of hydrogen-bond acceptors (Lipinski definition) is 2. The van der Waals surface area contributed by atoms with Crippen LogP contribution in [0, 0.1) is 11.3 Å².